The van der Waals surface area contributed by atoms with Gasteiger partial charge in [0.05, 0.1) is 6.61 Å². The Kier molecular flexibility index (Phi) is 10.6. The third-order valence-electron chi connectivity index (χ3n) is 5.13. The topological polar surface area (TPSA) is 86.8 Å². The number of hydrogen-bond donors (Lipinski definition) is 5. The van der Waals surface area contributed by atoms with E-state index in [1.165, 1.54) is 0 Å². The van der Waals surface area contributed by atoms with E-state index in [1.807, 2.05) is 42.5 Å². The molecule has 1 aliphatic heterocycles. The Labute approximate surface area is 185 Å². The number of para-hydroxylation sites is 2. The van der Waals surface area contributed by atoms with E-state index >= 15 is 0 Å². The summed E-state index contributed by atoms with van der Waals surface area (Å²) in [6.45, 7) is 7.49. The lowest BCUT2D eigenvalue weighted by Gasteiger charge is -2.18. The Morgan fingerprint density at radius 3 is 2.00 bits per heavy atom. The molecule has 1 heterocycles. The van der Waals surface area contributed by atoms with Gasteiger partial charge in [0.1, 0.15) is 11.5 Å². The molecule has 170 valence electrons. The molecule has 0 aromatic heterocycles. The SMILES string of the molecule is OC1CCOc2ccccc2CNCCNCCNCCCNCc2ccccc2O1. The fourth-order valence-corrected chi connectivity index (χ4v) is 3.42. The Bertz CT molecular complexity index is 759. The van der Waals surface area contributed by atoms with Gasteiger partial charge in [0.15, 0.2) is 0 Å². The number of nitrogens with one attached hydrogen (secondary N) is 4. The van der Waals surface area contributed by atoms with Gasteiger partial charge in [-0.05, 0) is 31.6 Å². The molecule has 0 radical (unpaired) electrons. The van der Waals surface area contributed by atoms with E-state index in [1.54, 1.807) is 0 Å². The van der Waals surface area contributed by atoms with Crippen LogP contribution in [0.4, 0.5) is 0 Å². The van der Waals surface area contributed by atoms with Gasteiger partial charge in [-0.2, -0.15) is 0 Å². The lowest BCUT2D eigenvalue weighted by molar-refractivity contribution is -0.0314. The molecule has 7 heteroatoms. The maximum Gasteiger partial charge on any atom is 0.200 e. The Balaban J connectivity index is 1.58. The van der Waals surface area contributed by atoms with E-state index in [4.69, 9.17) is 9.47 Å². The van der Waals surface area contributed by atoms with E-state index in [0.717, 1.165) is 69.1 Å². The zero-order valence-corrected chi connectivity index (χ0v) is 18.2. The molecule has 2 aromatic rings. The molecule has 31 heavy (non-hydrogen) atoms. The van der Waals surface area contributed by atoms with Gasteiger partial charge in [0, 0.05) is 56.8 Å². The maximum absolute atomic E-state index is 10.4. The van der Waals surface area contributed by atoms with Crippen molar-refractivity contribution in [2.45, 2.75) is 32.2 Å². The molecule has 2 aromatic carbocycles. The summed E-state index contributed by atoms with van der Waals surface area (Å²) in [6, 6.07) is 15.8. The van der Waals surface area contributed by atoms with Crippen molar-refractivity contribution in [1.29, 1.82) is 0 Å². The molecule has 0 spiro atoms. The van der Waals surface area contributed by atoms with Gasteiger partial charge in [0.2, 0.25) is 6.29 Å². The van der Waals surface area contributed by atoms with Crippen molar-refractivity contribution in [1.82, 2.24) is 21.3 Å². The largest absolute Gasteiger partial charge is 0.493 e. The zero-order chi connectivity index (χ0) is 21.6. The minimum absolute atomic E-state index is 0.382. The van der Waals surface area contributed by atoms with Crippen LogP contribution in [0.3, 0.4) is 0 Å². The molecule has 0 fully saturated rings. The first kappa shape index (κ1) is 23.5. The number of ether oxygens (including phenoxy) is 2. The van der Waals surface area contributed by atoms with Crippen molar-refractivity contribution in [3.05, 3.63) is 59.7 Å². The van der Waals surface area contributed by atoms with Crippen molar-refractivity contribution in [3.8, 4) is 11.5 Å². The molecule has 1 unspecified atom stereocenters. The first-order valence-corrected chi connectivity index (χ1v) is 11.3. The quantitative estimate of drug-likeness (QED) is 0.436. The number of rotatable bonds is 0. The fourth-order valence-electron chi connectivity index (χ4n) is 3.42. The summed E-state index contributed by atoms with van der Waals surface area (Å²) in [5.74, 6) is 1.55. The van der Waals surface area contributed by atoms with Crippen molar-refractivity contribution >= 4 is 0 Å². The average Bonchev–Trinajstić information content (AvgIpc) is 2.78. The van der Waals surface area contributed by atoms with Gasteiger partial charge in [-0.25, -0.2) is 0 Å². The van der Waals surface area contributed by atoms with Crippen molar-refractivity contribution in [3.63, 3.8) is 0 Å². The second kappa shape index (κ2) is 14.0. The van der Waals surface area contributed by atoms with Gasteiger partial charge < -0.3 is 35.8 Å². The Morgan fingerprint density at radius 2 is 1.23 bits per heavy atom. The summed E-state index contributed by atoms with van der Waals surface area (Å²) >= 11 is 0. The van der Waals surface area contributed by atoms with Crippen LogP contribution in [-0.2, 0) is 13.1 Å². The highest BCUT2D eigenvalue weighted by Gasteiger charge is 2.11. The summed E-state index contributed by atoms with van der Waals surface area (Å²) in [6.07, 6.45) is 0.530. The third-order valence-corrected chi connectivity index (χ3v) is 5.13. The van der Waals surface area contributed by atoms with Crippen LogP contribution in [0.25, 0.3) is 0 Å². The lowest BCUT2D eigenvalue weighted by Crippen LogP contribution is -2.33. The van der Waals surface area contributed by atoms with Gasteiger partial charge in [0.25, 0.3) is 0 Å². The highest BCUT2D eigenvalue weighted by Crippen LogP contribution is 2.21. The molecular weight excluding hydrogens is 392 g/mol. The number of aliphatic hydroxyl groups is 1. The molecule has 0 aliphatic carbocycles. The predicted molar refractivity (Wildman–Crippen MR) is 123 cm³/mol. The minimum atomic E-state index is -0.917. The number of benzene rings is 2. The smallest absolute Gasteiger partial charge is 0.200 e. The summed E-state index contributed by atoms with van der Waals surface area (Å²) in [5, 5.41) is 24.2. The molecule has 5 N–H and O–H groups in total. The van der Waals surface area contributed by atoms with Crippen LogP contribution in [0.5, 0.6) is 11.5 Å². The minimum Gasteiger partial charge on any atom is -0.493 e. The number of fused-ring (bicyclic) bond motifs is 2. The van der Waals surface area contributed by atoms with E-state index in [-0.39, 0.29) is 0 Å². The second-order valence-corrected chi connectivity index (χ2v) is 7.63. The first-order valence-electron chi connectivity index (χ1n) is 11.3. The molecule has 1 aliphatic rings. The highest BCUT2D eigenvalue weighted by atomic mass is 16.6. The van der Waals surface area contributed by atoms with Gasteiger partial charge in [-0.15, -0.1) is 0 Å². The van der Waals surface area contributed by atoms with Crippen LogP contribution < -0.4 is 30.7 Å². The first-order chi connectivity index (χ1) is 15.3. The fraction of sp³-hybridized carbons (Fsp3) is 0.500. The van der Waals surface area contributed by atoms with Crippen LogP contribution in [0.1, 0.15) is 24.0 Å². The maximum atomic E-state index is 10.4. The standard InChI is InChI=1S/C24H36N4O3/c29-24-10-17-30-22-8-3-1-6-20(22)18-28-16-15-26-14-13-25-11-5-12-27-19-21-7-2-4-9-23(21)31-24/h1-4,6-9,24-29H,5,10-19H2. The van der Waals surface area contributed by atoms with Crippen molar-refractivity contribution in [2.24, 2.45) is 0 Å². The Hall–Kier alpha value is -2.16. The van der Waals surface area contributed by atoms with Crippen LogP contribution in [0, 0.1) is 0 Å². The summed E-state index contributed by atoms with van der Waals surface area (Å²) < 4.78 is 11.7. The van der Waals surface area contributed by atoms with Crippen molar-refractivity contribution in [2.75, 3.05) is 45.9 Å². The molecule has 7 nitrogen and oxygen atoms in total. The molecule has 0 saturated heterocycles. The summed E-state index contributed by atoms with van der Waals surface area (Å²) in [4.78, 5) is 0. The molecule has 0 bridgehead atoms. The zero-order valence-electron chi connectivity index (χ0n) is 18.2. The molecule has 0 saturated carbocycles. The average molecular weight is 429 g/mol. The highest BCUT2D eigenvalue weighted by molar-refractivity contribution is 5.34. The molecular formula is C24H36N4O3. The number of hydrogen-bond acceptors (Lipinski definition) is 7. The van der Waals surface area contributed by atoms with Crippen LogP contribution in [0.2, 0.25) is 0 Å². The van der Waals surface area contributed by atoms with Crippen LogP contribution >= 0.6 is 0 Å². The second-order valence-electron chi connectivity index (χ2n) is 7.63. The Morgan fingerprint density at radius 1 is 0.677 bits per heavy atom. The van der Waals surface area contributed by atoms with Crippen LogP contribution in [0.15, 0.2) is 48.5 Å². The van der Waals surface area contributed by atoms with Gasteiger partial charge >= 0.3 is 0 Å². The van der Waals surface area contributed by atoms with E-state index in [0.29, 0.717) is 25.3 Å². The molecule has 3 rings (SSSR count). The van der Waals surface area contributed by atoms with E-state index < -0.39 is 6.29 Å². The normalized spacial score (nSPS) is 20.6. The van der Waals surface area contributed by atoms with Gasteiger partial charge in [-0.3, -0.25) is 0 Å². The molecule has 1 atom stereocenters. The summed E-state index contributed by atoms with van der Waals surface area (Å²) in [7, 11) is 0. The van der Waals surface area contributed by atoms with Crippen molar-refractivity contribution < 1.29 is 14.6 Å². The van der Waals surface area contributed by atoms with Crippen LogP contribution in [-0.4, -0.2) is 57.3 Å². The predicted octanol–water partition coefficient (Wildman–Crippen LogP) is 1.62. The van der Waals surface area contributed by atoms with Gasteiger partial charge in [-0.1, -0.05) is 36.4 Å². The number of aliphatic hydroxyl groups excluding tert-OH is 1. The summed E-state index contributed by atoms with van der Waals surface area (Å²) in [5.41, 5.74) is 2.15. The third kappa shape index (κ3) is 8.85. The van der Waals surface area contributed by atoms with E-state index in [2.05, 4.69) is 27.3 Å². The lowest BCUT2D eigenvalue weighted by atomic mass is 10.2. The monoisotopic (exact) mass is 428 g/mol. The molecule has 0 amide bonds. The van der Waals surface area contributed by atoms with E-state index in [9.17, 15) is 5.11 Å².